The number of nitrogens with one attached hydrogen (secondary N) is 3. The van der Waals surface area contributed by atoms with Crippen molar-refractivity contribution in [1.82, 2.24) is 9.97 Å². The molecule has 156 valence electrons. The van der Waals surface area contributed by atoms with E-state index in [1.807, 2.05) is 11.0 Å². The van der Waals surface area contributed by atoms with E-state index in [9.17, 15) is 13.6 Å². The number of aromatic amines is 1. The van der Waals surface area contributed by atoms with Gasteiger partial charge in [-0.3, -0.25) is 0 Å². The number of pyridine rings is 1. The molecule has 5 rings (SSSR count). The van der Waals surface area contributed by atoms with Crippen LogP contribution in [0.25, 0.3) is 10.9 Å². The Balaban J connectivity index is 1.23. The highest BCUT2D eigenvalue weighted by Crippen LogP contribution is 2.57. The number of alkyl halides is 2. The van der Waals surface area contributed by atoms with Gasteiger partial charge in [-0.05, 0) is 24.3 Å². The minimum absolute atomic E-state index is 0.0764. The largest absolute Gasteiger partial charge is 0.359 e. The lowest BCUT2D eigenvalue weighted by Gasteiger charge is -2.59. The summed E-state index contributed by atoms with van der Waals surface area (Å²) in [5.74, 6) is -2.00. The van der Waals surface area contributed by atoms with E-state index in [1.165, 1.54) is 6.20 Å². The molecular formula is C20H17Cl2F2N5O. The first-order valence-corrected chi connectivity index (χ1v) is 10.1. The van der Waals surface area contributed by atoms with Crippen LogP contribution in [0.2, 0.25) is 10.0 Å². The van der Waals surface area contributed by atoms with Crippen LogP contribution in [0, 0.1) is 5.41 Å². The minimum atomic E-state index is -2.54. The number of nitrogens with zero attached hydrogens (tertiary/aromatic N) is 2. The monoisotopic (exact) mass is 451 g/mol. The zero-order valence-corrected chi connectivity index (χ0v) is 17.1. The minimum Gasteiger partial charge on any atom is -0.359 e. The highest BCUT2D eigenvalue weighted by Gasteiger charge is 2.62. The third kappa shape index (κ3) is 3.44. The Morgan fingerprint density at radius 2 is 1.93 bits per heavy atom. The lowest BCUT2D eigenvalue weighted by atomic mass is 9.61. The number of carbonyl (C=O) groups is 1. The summed E-state index contributed by atoms with van der Waals surface area (Å²) in [6, 6.07) is 6.48. The molecule has 2 aliphatic rings. The molecule has 0 bridgehead atoms. The van der Waals surface area contributed by atoms with Crippen LogP contribution in [-0.4, -0.2) is 35.0 Å². The number of urea groups is 1. The summed E-state index contributed by atoms with van der Waals surface area (Å²) in [7, 11) is 0. The molecule has 30 heavy (non-hydrogen) atoms. The Kier molecular flexibility index (Phi) is 4.34. The molecule has 0 radical (unpaired) electrons. The number of anilines is 3. The SMILES string of the molecule is O=C(Nc1cnc(N2CC3(C2)CC(F)(F)C3)c(Cl)c1)Nc1c[nH]c2ccc(Cl)cc12. The maximum Gasteiger partial charge on any atom is 0.323 e. The predicted molar refractivity (Wildman–Crippen MR) is 114 cm³/mol. The number of halogens is 4. The Bertz CT molecular complexity index is 1150. The van der Waals surface area contributed by atoms with Crippen molar-refractivity contribution in [3.8, 4) is 0 Å². The zero-order chi connectivity index (χ0) is 21.1. The van der Waals surface area contributed by atoms with Gasteiger partial charge in [0.05, 0.1) is 22.6 Å². The molecule has 2 fully saturated rings. The molecule has 10 heteroatoms. The molecular weight excluding hydrogens is 435 g/mol. The number of aromatic nitrogens is 2. The average Bonchev–Trinajstić information content (AvgIpc) is 3.00. The lowest BCUT2D eigenvalue weighted by Crippen LogP contribution is -2.66. The van der Waals surface area contributed by atoms with Gasteiger partial charge in [-0.25, -0.2) is 18.6 Å². The first-order valence-electron chi connectivity index (χ1n) is 9.35. The van der Waals surface area contributed by atoms with Crippen molar-refractivity contribution < 1.29 is 13.6 Å². The van der Waals surface area contributed by atoms with Gasteiger partial charge in [0, 0.05) is 53.5 Å². The summed E-state index contributed by atoms with van der Waals surface area (Å²) in [4.78, 5) is 21.6. The lowest BCUT2D eigenvalue weighted by molar-refractivity contribution is -0.170. The molecule has 6 nitrogen and oxygen atoms in total. The summed E-state index contributed by atoms with van der Waals surface area (Å²) in [6.45, 7) is 1.04. The summed E-state index contributed by atoms with van der Waals surface area (Å²) >= 11 is 12.4. The Hall–Kier alpha value is -2.58. The number of H-pyrrole nitrogens is 1. The fourth-order valence-electron chi connectivity index (χ4n) is 4.39. The molecule has 3 N–H and O–H groups in total. The topological polar surface area (TPSA) is 73.1 Å². The highest BCUT2D eigenvalue weighted by molar-refractivity contribution is 6.33. The second-order valence-corrected chi connectivity index (χ2v) is 8.91. The zero-order valence-electron chi connectivity index (χ0n) is 15.6. The third-order valence-electron chi connectivity index (χ3n) is 5.59. The number of carbonyl (C=O) groups excluding carboxylic acids is 1. The van der Waals surface area contributed by atoms with Gasteiger partial charge in [0.15, 0.2) is 0 Å². The van der Waals surface area contributed by atoms with E-state index < -0.39 is 12.0 Å². The van der Waals surface area contributed by atoms with Crippen molar-refractivity contribution in [1.29, 1.82) is 0 Å². The van der Waals surface area contributed by atoms with Crippen molar-refractivity contribution in [3.63, 3.8) is 0 Å². The van der Waals surface area contributed by atoms with E-state index in [1.54, 1.807) is 24.4 Å². The second kappa shape index (κ2) is 6.72. The highest BCUT2D eigenvalue weighted by atomic mass is 35.5. The first-order chi connectivity index (χ1) is 14.2. The van der Waals surface area contributed by atoms with Gasteiger partial charge in [0.1, 0.15) is 5.82 Å². The van der Waals surface area contributed by atoms with Crippen LogP contribution in [-0.2, 0) is 0 Å². The number of fused-ring (bicyclic) bond motifs is 1. The Morgan fingerprint density at radius 3 is 2.63 bits per heavy atom. The number of hydrogen-bond acceptors (Lipinski definition) is 3. The molecule has 2 aromatic heterocycles. The van der Waals surface area contributed by atoms with E-state index in [2.05, 4.69) is 20.6 Å². The number of rotatable bonds is 3. The number of benzene rings is 1. The van der Waals surface area contributed by atoms with Crippen LogP contribution >= 0.6 is 23.2 Å². The maximum atomic E-state index is 13.2. The van der Waals surface area contributed by atoms with Crippen LogP contribution in [0.5, 0.6) is 0 Å². The van der Waals surface area contributed by atoms with Crippen LogP contribution in [0.1, 0.15) is 12.8 Å². The number of hydrogen-bond donors (Lipinski definition) is 3. The van der Waals surface area contributed by atoms with Crippen LogP contribution in [0.4, 0.5) is 30.8 Å². The summed E-state index contributed by atoms with van der Waals surface area (Å²) in [5.41, 5.74) is 1.54. The normalized spacial score (nSPS) is 18.7. The van der Waals surface area contributed by atoms with Gasteiger partial charge < -0.3 is 20.5 Å². The van der Waals surface area contributed by atoms with Crippen molar-refractivity contribution >= 4 is 57.3 Å². The molecule has 1 aliphatic carbocycles. The molecule has 1 spiro atoms. The van der Waals surface area contributed by atoms with E-state index in [-0.39, 0.29) is 18.3 Å². The van der Waals surface area contributed by atoms with Crippen molar-refractivity contribution in [2.75, 3.05) is 28.6 Å². The first kappa shape index (κ1) is 19.4. The van der Waals surface area contributed by atoms with Gasteiger partial charge in [0.2, 0.25) is 5.92 Å². The quantitative estimate of drug-likeness (QED) is 0.474. The average molecular weight is 452 g/mol. The van der Waals surface area contributed by atoms with Gasteiger partial charge in [0.25, 0.3) is 0 Å². The predicted octanol–water partition coefficient (Wildman–Crippen LogP) is 5.75. The van der Waals surface area contributed by atoms with E-state index >= 15 is 0 Å². The van der Waals surface area contributed by atoms with Gasteiger partial charge >= 0.3 is 6.03 Å². The summed E-state index contributed by atoms with van der Waals surface area (Å²) < 4.78 is 26.3. The van der Waals surface area contributed by atoms with Gasteiger partial charge in [-0.1, -0.05) is 23.2 Å². The van der Waals surface area contributed by atoms with E-state index in [4.69, 9.17) is 23.2 Å². The number of amides is 2. The Labute approximate surface area is 180 Å². The smallest absolute Gasteiger partial charge is 0.323 e. The third-order valence-corrected chi connectivity index (χ3v) is 6.10. The molecule has 1 aliphatic heterocycles. The molecule has 1 saturated heterocycles. The summed E-state index contributed by atoms with van der Waals surface area (Å²) in [5, 5.41) is 7.16. The molecule has 0 unspecified atom stereocenters. The Morgan fingerprint density at radius 1 is 1.17 bits per heavy atom. The van der Waals surface area contributed by atoms with E-state index in [0.717, 1.165) is 10.9 Å². The van der Waals surface area contributed by atoms with Crippen molar-refractivity contribution in [3.05, 3.63) is 46.7 Å². The van der Waals surface area contributed by atoms with E-state index in [0.29, 0.717) is 40.3 Å². The molecule has 3 heterocycles. The van der Waals surface area contributed by atoms with Crippen LogP contribution in [0.3, 0.4) is 0 Å². The van der Waals surface area contributed by atoms with Crippen molar-refractivity contribution in [2.24, 2.45) is 5.41 Å². The molecule has 1 aromatic carbocycles. The van der Waals surface area contributed by atoms with Crippen molar-refractivity contribution in [2.45, 2.75) is 18.8 Å². The fourth-order valence-corrected chi connectivity index (χ4v) is 4.85. The summed E-state index contributed by atoms with van der Waals surface area (Å²) in [6.07, 6.45) is 3.02. The second-order valence-electron chi connectivity index (χ2n) is 8.07. The fraction of sp³-hybridized carbons (Fsp3) is 0.300. The molecule has 2 amide bonds. The standard InChI is InChI=1S/C20H17Cl2F2N5O/c21-11-1-2-15-13(3-11)16(6-25-15)28-18(30)27-12-4-14(22)17(26-5-12)29-9-19(10-29)7-20(23,24)8-19/h1-6,25H,7-10H2,(H2,27,28,30). The van der Waals surface area contributed by atoms with Gasteiger partial charge in [-0.15, -0.1) is 0 Å². The molecule has 3 aromatic rings. The van der Waals surface area contributed by atoms with Crippen LogP contribution < -0.4 is 15.5 Å². The molecule has 0 atom stereocenters. The molecule has 1 saturated carbocycles. The van der Waals surface area contributed by atoms with Crippen LogP contribution in [0.15, 0.2) is 36.7 Å². The maximum absolute atomic E-state index is 13.2. The van der Waals surface area contributed by atoms with Gasteiger partial charge in [-0.2, -0.15) is 0 Å².